The van der Waals surface area contributed by atoms with Gasteiger partial charge in [-0.2, -0.15) is 0 Å². The van der Waals surface area contributed by atoms with E-state index in [1.165, 1.54) is 0 Å². The second-order valence-corrected chi connectivity index (χ2v) is 4.65. The normalized spacial score (nSPS) is 24.5. The van der Waals surface area contributed by atoms with E-state index in [1.807, 2.05) is 6.92 Å². The smallest absolute Gasteiger partial charge is 0.306 e. The molecule has 0 radical (unpaired) electrons. The maximum Gasteiger partial charge on any atom is 0.306 e. The Morgan fingerprint density at radius 2 is 2.00 bits per heavy atom. The molecule has 2 rings (SSSR count). The second-order valence-electron chi connectivity index (χ2n) is 4.65. The third kappa shape index (κ3) is 2.72. The van der Waals surface area contributed by atoms with Crippen molar-refractivity contribution in [2.24, 2.45) is 5.92 Å². The monoisotopic (exact) mass is 235 g/mol. The molecule has 0 bridgehead atoms. The first kappa shape index (κ1) is 11.8. The van der Waals surface area contributed by atoms with E-state index >= 15 is 0 Å². The van der Waals surface area contributed by atoms with Crippen LogP contribution in [0.4, 0.5) is 5.82 Å². The van der Waals surface area contributed by atoms with Gasteiger partial charge < -0.3 is 10.8 Å². The number of anilines is 1. The molecule has 1 aliphatic carbocycles. The molecule has 0 amide bonds. The van der Waals surface area contributed by atoms with Crippen LogP contribution in [0.2, 0.25) is 0 Å². The number of hydrogen-bond donors (Lipinski definition) is 2. The minimum atomic E-state index is -0.679. The summed E-state index contributed by atoms with van der Waals surface area (Å²) < 4.78 is 0. The first-order valence-electron chi connectivity index (χ1n) is 5.90. The van der Waals surface area contributed by atoms with Crippen molar-refractivity contribution in [2.45, 2.75) is 38.5 Å². The molecule has 1 aromatic rings. The Balaban J connectivity index is 2.07. The van der Waals surface area contributed by atoms with Gasteiger partial charge in [-0.1, -0.05) is 0 Å². The average Bonchev–Trinajstić information content (AvgIpc) is 2.28. The summed E-state index contributed by atoms with van der Waals surface area (Å²) in [4.78, 5) is 19.3. The summed E-state index contributed by atoms with van der Waals surface area (Å²) in [5, 5.41) is 8.94. The summed E-state index contributed by atoms with van der Waals surface area (Å²) in [7, 11) is 0. The van der Waals surface area contributed by atoms with Gasteiger partial charge in [-0.05, 0) is 32.6 Å². The van der Waals surface area contributed by atoms with Gasteiger partial charge in [0.25, 0.3) is 0 Å². The Kier molecular flexibility index (Phi) is 3.26. The highest BCUT2D eigenvalue weighted by atomic mass is 16.4. The number of hydrogen-bond acceptors (Lipinski definition) is 4. The van der Waals surface area contributed by atoms with E-state index in [0.717, 1.165) is 31.4 Å². The Morgan fingerprint density at radius 1 is 1.35 bits per heavy atom. The standard InChI is InChI=1S/C12H17N3O2/c1-7-14-10(6-11(13)15-7)8-2-4-9(5-3-8)12(16)17/h6,8-9H,2-5H2,1H3,(H,16,17)(H2,13,14,15). The van der Waals surface area contributed by atoms with Crippen molar-refractivity contribution in [3.63, 3.8) is 0 Å². The maximum atomic E-state index is 10.9. The lowest BCUT2D eigenvalue weighted by Gasteiger charge is -2.25. The molecule has 1 heterocycles. The molecular weight excluding hydrogens is 218 g/mol. The van der Waals surface area contributed by atoms with Gasteiger partial charge in [-0.15, -0.1) is 0 Å². The fourth-order valence-corrected chi connectivity index (χ4v) is 2.46. The predicted molar refractivity (Wildman–Crippen MR) is 63.5 cm³/mol. The van der Waals surface area contributed by atoms with Crippen LogP contribution in [0.3, 0.4) is 0 Å². The van der Waals surface area contributed by atoms with Gasteiger partial charge in [0.2, 0.25) is 0 Å². The summed E-state index contributed by atoms with van der Waals surface area (Å²) in [5.74, 6) is 0.635. The Hall–Kier alpha value is -1.65. The molecule has 5 heteroatoms. The van der Waals surface area contributed by atoms with Crippen LogP contribution < -0.4 is 5.73 Å². The van der Waals surface area contributed by atoms with Gasteiger partial charge in [-0.25, -0.2) is 9.97 Å². The molecule has 0 aliphatic heterocycles. The quantitative estimate of drug-likeness (QED) is 0.814. The van der Waals surface area contributed by atoms with E-state index in [9.17, 15) is 4.79 Å². The number of aliphatic carboxylic acids is 1. The Morgan fingerprint density at radius 3 is 2.53 bits per heavy atom. The minimum absolute atomic E-state index is 0.188. The molecule has 1 aromatic heterocycles. The number of carboxylic acids is 1. The zero-order valence-corrected chi connectivity index (χ0v) is 9.89. The number of nitrogens with two attached hydrogens (primary N) is 1. The van der Waals surface area contributed by atoms with Crippen molar-refractivity contribution in [2.75, 3.05) is 5.73 Å². The molecule has 3 N–H and O–H groups in total. The van der Waals surface area contributed by atoms with Gasteiger partial charge in [0.05, 0.1) is 5.92 Å². The first-order valence-corrected chi connectivity index (χ1v) is 5.90. The summed E-state index contributed by atoms with van der Waals surface area (Å²) >= 11 is 0. The number of rotatable bonds is 2. The number of carbonyl (C=O) groups is 1. The van der Waals surface area contributed by atoms with E-state index < -0.39 is 5.97 Å². The Bertz CT molecular complexity index is 406. The van der Waals surface area contributed by atoms with Crippen LogP contribution in [0, 0.1) is 12.8 Å². The minimum Gasteiger partial charge on any atom is -0.481 e. The number of aromatic nitrogens is 2. The van der Waals surface area contributed by atoms with Crippen molar-refractivity contribution in [3.8, 4) is 0 Å². The summed E-state index contributed by atoms with van der Waals surface area (Å²) in [6.45, 7) is 1.82. The van der Waals surface area contributed by atoms with Crippen LogP contribution in [0.1, 0.15) is 43.1 Å². The van der Waals surface area contributed by atoms with E-state index in [2.05, 4.69) is 9.97 Å². The van der Waals surface area contributed by atoms with Crippen molar-refractivity contribution in [3.05, 3.63) is 17.6 Å². The summed E-state index contributed by atoms with van der Waals surface area (Å²) in [5.41, 5.74) is 6.65. The second kappa shape index (κ2) is 4.69. The predicted octanol–water partition coefficient (Wildman–Crippen LogP) is 1.73. The highest BCUT2D eigenvalue weighted by molar-refractivity contribution is 5.70. The zero-order valence-electron chi connectivity index (χ0n) is 9.89. The molecule has 0 atom stereocenters. The van der Waals surface area contributed by atoms with Gasteiger partial charge in [0, 0.05) is 17.7 Å². The fraction of sp³-hybridized carbons (Fsp3) is 0.583. The maximum absolute atomic E-state index is 10.9. The molecule has 0 spiro atoms. The van der Waals surface area contributed by atoms with Crippen molar-refractivity contribution < 1.29 is 9.90 Å². The van der Waals surface area contributed by atoms with E-state index in [1.54, 1.807) is 6.07 Å². The topological polar surface area (TPSA) is 89.1 Å². The lowest BCUT2D eigenvalue weighted by atomic mass is 9.80. The van der Waals surface area contributed by atoms with Crippen LogP contribution in [-0.4, -0.2) is 21.0 Å². The van der Waals surface area contributed by atoms with Crippen molar-refractivity contribution >= 4 is 11.8 Å². The van der Waals surface area contributed by atoms with Crippen LogP contribution in [0.25, 0.3) is 0 Å². The van der Waals surface area contributed by atoms with E-state index in [4.69, 9.17) is 10.8 Å². The molecular formula is C12H17N3O2. The summed E-state index contributed by atoms with van der Waals surface area (Å²) in [6.07, 6.45) is 3.19. The molecule has 92 valence electrons. The fourth-order valence-electron chi connectivity index (χ4n) is 2.46. The van der Waals surface area contributed by atoms with Crippen molar-refractivity contribution in [1.29, 1.82) is 0 Å². The number of aryl methyl sites for hydroxylation is 1. The molecule has 0 saturated heterocycles. The molecule has 1 fully saturated rings. The van der Waals surface area contributed by atoms with Crippen LogP contribution in [-0.2, 0) is 4.79 Å². The molecule has 1 saturated carbocycles. The van der Waals surface area contributed by atoms with Crippen molar-refractivity contribution in [1.82, 2.24) is 9.97 Å². The first-order chi connectivity index (χ1) is 8.06. The number of nitrogen functional groups attached to an aromatic ring is 1. The molecule has 0 unspecified atom stereocenters. The third-order valence-corrected chi connectivity index (χ3v) is 3.37. The zero-order chi connectivity index (χ0) is 12.4. The lowest BCUT2D eigenvalue weighted by molar-refractivity contribution is -0.142. The third-order valence-electron chi connectivity index (χ3n) is 3.37. The van der Waals surface area contributed by atoms with E-state index in [-0.39, 0.29) is 5.92 Å². The van der Waals surface area contributed by atoms with Crippen LogP contribution in [0.5, 0.6) is 0 Å². The molecule has 1 aliphatic rings. The number of nitrogens with zero attached hydrogens (tertiary/aromatic N) is 2. The van der Waals surface area contributed by atoms with Gasteiger partial charge in [0.15, 0.2) is 0 Å². The van der Waals surface area contributed by atoms with Gasteiger partial charge in [-0.3, -0.25) is 4.79 Å². The molecule has 5 nitrogen and oxygen atoms in total. The lowest BCUT2D eigenvalue weighted by Crippen LogP contribution is -2.21. The average molecular weight is 235 g/mol. The summed E-state index contributed by atoms with van der Waals surface area (Å²) in [6, 6.07) is 1.80. The number of carboxylic acid groups (broad SMARTS) is 1. The largest absolute Gasteiger partial charge is 0.481 e. The molecule has 0 aromatic carbocycles. The Labute approximate surface area is 100 Å². The highest BCUT2D eigenvalue weighted by Gasteiger charge is 2.27. The highest BCUT2D eigenvalue weighted by Crippen LogP contribution is 2.35. The SMILES string of the molecule is Cc1nc(N)cc(C2CCC(C(=O)O)CC2)n1. The van der Waals surface area contributed by atoms with Gasteiger partial charge >= 0.3 is 5.97 Å². The van der Waals surface area contributed by atoms with Crippen LogP contribution >= 0.6 is 0 Å². The van der Waals surface area contributed by atoms with Gasteiger partial charge in [0.1, 0.15) is 11.6 Å². The van der Waals surface area contributed by atoms with E-state index in [0.29, 0.717) is 17.6 Å². The van der Waals surface area contributed by atoms with Crippen LogP contribution in [0.15, 0.2) is 6.07 Å². The molecule has 17 heavy (non-hydrogen) atoms.